The van der Waals surface area contributed by atoms with Crippen LogP contribution >= 0.6 is 11.8 Å². The Morgan fingerprint density at radius 3 is 2.35 bits per heavy atom. The predicted octanol–water partition coefficient (Wildman–Crippen LogP) is 0.106. The summed E-state index contributed by atoms with van der Waals surface area (Å²) < 4.78 is 2.22. The molecule has 2 fully saturated rings. The average Bonchev–Trinajstić information content (AvgIpc) is 3.10. The number of carbonyl (C=O) groups is 2. The van der Waals surface area contributed by atoms with Crippen LogP contribution in [0.4, 0.5) is 4.79 Å². The highest BCUT2D eigenvalue weighted by atomic mass is 32.2. The molecule has 0 aromatic carbocycles. The van der Waals surface area contributed by atoms with Crippen LogP contribution in [0.2, 0.25) is 0 Å². The molecule has 11 heteroatoms. The van der Waals surface area contributed by atoms with Gasteiger partial charge in [-0.1, -0.05) is 16.8 Å². The topological polar surface area (TPSA) is 88.2 Å². The van der Waals surface area contributed by atoms with Crippen molar-refractivity contribution in [2.45, 2.75) is 25.0 Å². The van der Waals surface area contributed by atoms with Crippen molar-refractivity contribution in [2.24, 2.45) is 4.99 Å². The standard InChI is InChI=1S/C20H29N8O2S/c1-13-12-14(2)22-18(21-13)31-11-10-28-15-16(25(4)20(30)26(5)17(15)29)23-19(28)27-8-6-24(3)7-9-27/h12,15H,6-11H2,1-5H3/q+1. The van der Waals surface area contributed by atoms with Gasteiger partial charge in [-0.15, -0.1) is 0 Å². The van der Waals surface area contributed by atoms with E-state index in [2.05, 4.69) is 26.5 Å². The number of piperazine rings is 1. The van der Waals surface area contributed by atoms with Gasteiger partial charge in [-0.05, 0) is 27.0 Å². The Morgan fingerprint density at radius 1 is 1.06 bits per heavy atom. The third-order valence-corrected chi connectivity index (χ3v) is 6.65. The summed E-state index contributed by atoms with van der Waals surface area (Å²) in [5.74, 6) is 1.75. The first-order valence-corrected chi connectivity index (χ1v) is 11.4. The van der Waals surface area contributed by atoms with Crippen molar-refractivity contribution in [2.75, 3.05) is 59.6 Å². The Bertz CT molecular complexity index is 948. The highest BCUT2D eigenvalue weighted by Gasteiger charge is 2.55. The number of amidine groups is 1. The maximum atomic E-state index is 13.1. The lowest BCUT2D eigenvalue weighted by atomic mass is 10.1. The number of hydrogen-bond donors (Lipinski definition) is 0. The summed E-state index contributed by atoms with van der Waals surface area (Å²) in [5, 5.41) is 0.735. The van der Waals surface area contributed by atoms with Crippen LogP contribution in [0, 0.1) is 13.8 Å². The van der Waals surface area contributed by atoms with E-state index in [9.17, 15) is 9.59 Å². The zero-order chi connectivity index (χ0) is 22.3. The number of aryl methyl sites for hydroxylation is 2. The Balaban J connectivity index is 1.60. The van der Waals surface area contributed by atoms with Gasteiger partial charge in [0.2, 0.25) is 11.9 Å². The molecule has 0 radical (unpaired) electrons. The number of urea groups is 1. The van der Waals surface area contributed by atoms with Crippen molar-refractivity contribution in [1.82, 2.24) is 29.6 Å². The van der Waals surface area contributed by atoms with Gasteiger partial charge in [0, 0.05) is 44.3 Å². The van der Waals surface area contributed by atoms with Crippen LogP contribution in [0.15, 0.2) is 16.2 Å². The molecule has 3 aliphatic rings. The van der Waals surface area contributed by atoms with Gasteiger partial charge < -0.3 is 4.90 Å². The quantitative estimate of drug-likeness (QED) is 0.369. The lowest BCUT2D eigenvalue weighted by Gasteiger charge is -2.33. The van der Waals surface area contributed by atoms with Crippen molar-refractivity contribution in [3.05, 3.63) is 17.5 Å². The van der Waals surface area contributed by atoms with E-state index >= 15 is 0 Å². The number of thioether (sulfide) groups is 1. The Hall–Kier alpha value is -2.53. The van der Waals surface area contributed by atoms with Gasteiger partial charge in [0.15, 0.2) is 5.16 Å². The van der Waals surface area contributed by atoms with Gasteiger partial charge in [-0.3, -0.25) is 19.2 Å². The second-order valence-corrected chi connectivity index (χ2v) is 9.24. The van der Waals surface area contributed by atoms with E-state index < -0.39 is 6.04 Å². The molecule has 2 saturated heterocycles. The monoisotopic (exact) mass is 445 g/mol. The summed E-state index contributed by atoms with van der Waals surface area (Å²) in [5.41, 5.74) is 1.88. The maximum absolute atomic E-state index is 13.1. The summed E-state index contributed by atoms with van der Waals surface area (Å²) in [6, 6.07) is 1.02. The van der Waals surface area contributed by atoms with Crippen molar-refractivity contribution in [3.8, 4) is 0 Å². The molecular formula is C20H29N8O2S+. The van der Waals surface area contributed by atoms with E-state index in [0.717, 1.165) is 48.7 Å². The molecule has 3 aliphatic heterocycles. The summed E-state index contributed by atoms with van der Waals surface area (Å²) >= 11 is 1.57. The number of nitrogens with zero attached hydrogens (tertiary/aromatic N) is 8. The molecule has 1 atom stereocenters. The number of carbonyl (C=O) groups excluding carboxylic acids is 2. The van der Waals surface area contributed by atoms with Crippen LogP contribution in [-0.4, -0.2) is 124 Å². The molecule has 3 amide bonds. The minimum Gasteiger partial charge on any atom is -0.300 e. The number of likely N-dealkylation sites (N-methyl/N-ethyl adjacent to an activating group) is 3. The van der Waals surface area contributed by atoms with Gasteiger partial charge in [0.05, 0.1) is 19.6 Å². The number of hydrogen-bond acceptors (Lipinski definition) is 6. The molecule has 31 heavy (non-hydrogen) atoms. The fourth-order valence-electron chi connectivity index (χ4n) is 4.07. The highest BCUT2D eigenvalue weighted by Crippen LogP contribution is 2.24. The molecule has 10 nitrogen and oxygen atoms in total. The number of fused-ring (bicyclic) bond motifs is 1. The molecule has 166 valence electrons. The number of aromatic nitrogens is 2. The lowest BCUT2D eigenvalue weighted by Crippen LogP contribution is -2.63. The third kappa shape index (κ3) is 4.16. The maximum Gasteiger partial charge on any atom is 0.392 e. The largest absolute Gasteiger partial charge is 0.392 e. The van der Waals surface area contributed by atoms with Gasteiger partial charge >= 0.3 is 12.0 Å². The summed E-state index contributed by atoms with van der Waals surface area (Å²) in [4.78, 5) is 46.3. The molecule has 0 saturated carbocycles. The van der Waals surface area contributed by atoms with Crippen LogP contribution in [0.3, 0.4) is 0 Å². The second-order valence-electron chi connectivity index (χ2n) is 8.18. The molecular weight excluding hydrogens is 416 g/mol. The average molecular weight is 446 g/mol. The first-order valence-electron chi connectivity index (χ1n) is 10.4. The van der Waals surface area contributed by atoms with Gasteiger partial charge in [0.25, 0.3) is 5.91 Å². The minimum atomic E-state index is -0.580. The summed E-state index contributed by atoms with van der Waals surface area (Å²) in [6.45, 7) is 8.05. The van der Waals surface area contributed by atoms with Gasteiger partial charge in [-0.2, -0.15) is 0 Å². The normalized spacial score (nSPS) is 22.4. The fourth-order valence-corrected chi connectivity index (χ4v) is 4.95. The highest BCUT2D eigenvalue weighted by molar-refractivity contribution is 7.99. The predicted molar refractivity (Wildman–Crippen MR) is 119 cm³/mol. The molecule has 1 aromatic heterocycles. The number of amides is 3. The Morgan fingerprint density at radius 2 is 1.71 bits per heavy atom. The molecule has 4 rings (SSSR count). The summed E-state index contributed by atoms with van der Waals surface area (Å²) in [7, 11) is 5.31. The molecule has 1 unspecified atom stereocenters. The Labute approximate surface area is 186 Å². The zero-order valence-electron chi connectivity index (χ0n) is 18.7. The molecule has 1 aromatic rings. The minimum absolute atomic E-state index is 0.237. The van der Waals surface area contributed by atoms with Crippen LogP contribution in [-0.2, 0) is 4.79 Å². The van der Waals surface area contributed by atoms with Crippen LogP contribution in [0.25, 0.3) is 0 Å². The molecule has 4 heterocycles. The van der Waals surface area contributed by atoms with Gasteiger partial charge in [-0.25, -0.2) is 19.7 Å². The van der Waals surface area contributed by atoms with E-state index in [1.807, 2.05) is 24.8 Å². The first kappa shape index (κ1) is 21.7. The number of rotatable bonds is 4. The molecule has 0 spiro atoms. The molecule has 0 aliphatic carbocycles. The SMILES string of the molecule is Cc1cc(C)nc(SCCN2C(=[N+]3CCN(C)CC3)N=C3C2C(=O)N(C)C(=O)N3C)n1. The number of imide groups is 1. The molecule has 0 N–H and O–H groups in total. The zero-order valence-corrected chi connectivity index (χ0v) is 19.5. The lowest BCUT2D eigenvalue weighted by molar-refractivity contribution is -0.544. The van der Waals surface area contributed by atoms with Crippen LogP contribution < -0.4 is 0 Å². The van der Waals surface area contributed by atoms with E-state index in [1.54, 1.807) is 18.8 Å². The first-order chi connectivity index (χ1) is 14.8. The third-order valence-electron chi connectivity index (χ3n) is 5.82. The van der Waals surface area contributed by atoms with Crippen molar-refractivity contribution < 1.29 is 14.2 Å². The summed E-state index contributed by atoms with van der Waals surface area (Å²) in [6.07, 6.45) is 0. The van der Waals surface area contributed by atoms with Crippen LogP contribution in [0.1, 0.15) is 11.4 Å². The molecule has 0 bridgehead atoms. The second kappa shape index (κ2) is 8.54. The Kier molecular flexibility index (Phi) is 5.98. The number of aliphatic imine (C=N–C) groups is 1. The smallest absolute Gasteiger partial charge is 0.300 e. The van der Waals surface area contributed by atoms with Crippen molar-refractivity contribution in [3.63, 3.8) is 0 Å². The van der Waals surface area contributed by atoms with Crippen molar-refractivity contribution in [1.29, 1.82) is 0 Å². The van der Waals surface area contributed by atoms with Gasteiger partial charge in [0.1, 0.15) is 0 Å². The van der Waals surface area contributed by atoms with E-state index in [0.29, 0.717) is 18.1 Å². The van der Waals surface area contributed by atoms with Crippen LogP contribution in [0.5, 0.6) is 0 Å². The van der Waals surface area contributed by atoms with E-state index in [4.69, 9.17) is 4.99 Å². The van der Waals surface area contributed by atoms with E-state index in [1.165, 1.54) is 16.8 Å². The van der Waals surface area contributed by atoms with E-state index in [-0.39, 0.29) is 11.9 Å². The van der Waals surface area contributed by atoms with Crippen molar-refractivity contribution >= 4 is 35.5 Å². The number of guanidine groups is 1. The fraction of sp³-hybridized carbons (Fsp3) is 0.600.